The minimum atomic E-state index is -3.46. The van der Waals surface area contributed by atoms with Crippen molar-refractivity contribution in [3.63, 3.8) is 0 Å². The Morgan fingerprint density at radius 1 is 1.43 bits per heavy atom. The molecule has 0 saturated carbocycles. The van der Waals surface area contributed by atoms with E-state index in [1.54, 1.807) is 18.6 Å². The van der Waals surface area contributed by atoms with Crippen molar-refractivity contribution in [2.45, 2.75) is 37.2 Å². The van der Waals surface area contributed by atoms with E-state index in [1.807, 2.05) is 30.7 Å². The van der Waals surface area contributed by atoms with Crippen molar-refractivity contribution < 1.29 is 8.42 Å². The molecule has 1 unspecified atom stereocenters. The molecule has 21 heavy (non-hydrogen) atoms. The van der Waals surface area contributed by atoms with Crippen LogP contribution in [0.25, 0.3) is 0 Å². The molecule has 6 nitrogen and oxygen atoms in total. The molecule has 0 amide bonds. The maximum Gasteiger partial charge on any atom is 0.250 e. The standard InChI is InChI=1S/C13H20N4O2S2/c1-3-14-8-12-4-5-13(20-12)21(18,19)16-11(2)9-17-7-6-15-10-17/h4-7,10-11,14,16H,3,8-9H2,1-2H3. The molecule has 0 spiro atoms. The molecule has 0 fully saturated rings. The third-order valence-corrected chi connectivity index (χ3v) is 6.02. The molecule has 8 heteroatoms. The van der Waals surface area contributed by atoms with Gasteiger partial charge in [-0.1, -0.05) is 6.92 Å². The molecule has 2 rings (SSSR count). The van der Waals surface area contributed by atoms with E-state index >= 15 is 0 Å². The molecule has 0 bridgehead atoms. The van der Waals surface area contributed by atoms with Gasteiger partial charge in [0.25, 0.3) is 0 Å². The van der Waals surface area contributed by atoms with Gasteiger partial charge >= 0.3 is 0 Å². The smallest absolute Gasteiger partial charge is 0.250 e. The second-order valence-electron chi connectivity index (χ2n) is 4.78. The van der Waals surface area contributed by atoms with E-state index < -0.39 is 10.0 Å². The Kier molecular flexibility index (Phi) is 5.51. The molecule has 0 radical (unpaired) electrons. The SMILES string of the molecule is CCNCc1ccc(S(=O)(=O)NC(C)Cn2ccnc2)s1. The van der Waals surface area contributed by atoms with E-state index in [9.17, 15) is 8.42 Å². The van der Waals surface area contributed by atoms with Crippen molar-refractivity contribution in [3.05, 3.63) is 35.7 Å². The van der Waals surface area contributed by atoms with Gasteiger partial charge in [0.15, 0.2) is 0 Å². The highest BCUT2D eigenvalue weighted by Gasteiger charge is 2.19. The zero-order valence-corrected chi connectivity index (χ0v) is 13.7. The van der Waals surface area contributed by atoms with Crippen molar-refractivity contribution in [1.82, 2.24) is 19.6 Å². The lowest BCUT2D eigenvalue weighted by Gasteiger charge is -2.13. The molecule has 116 valence electrons. The van der Waals surface area contributed by atoms with E-state index in [2.05, 4.69) is 15.0 Å². The summed E-state index contributed by atoms with van der Waals surface area (Å²) in [4.78, 5) is 4.96. The number of aromatic nitrogens is 2. The van der Waals surface area contributed by atoms with Crippen LogP contribution in [0.15, 0.2) is 35.1 Å². The summed E-state index contributed by atoms with van der Waals surface area (Å²) in [5.41, 5.74) is 0. The maximum absolute atomic E-state index is 12.3. The van der Waals surface area contributed by atoms with Gasteiger partial charge in [0.2, 0.25) is 10.0 Å². The highest BCUT2D eigenvalue weighted by atomic mass is 32.2. The highest BCUT2D eigenvalue weighted by Crippen LogP contribution is 2.21. The second-order valence-corrected chi connectivity index (χ2v) is 7.89. The topological polar surface area (TPSA) is 76.0 Å². The van der Waals surface area contributed by atoms with Crippen molar-refractivity contribution in [2.24, 2.45) is 0 Å². The molecule has 2 N–H and O–H groups in total. The molecule has 0 aliphatic rings. The van der Waals surface area contributed by atoms with Gasteiger partial charge in [-0.25, -0.2) is 18.1 Å². The second kappa shape index (κ2) is 7.17. The molecule has 0 aromatic carbocycles. The lowest BCUT2D eigenvalue weighted by Crippen LogP contribution is -2.35. The van der Waals surface area contributed by atoms with Crippen LogP contribution in [0.4, 0.5) is 0 Å². The fraction of sp³-hybridized carbons (Fsp3) is 0.462. The van der Waals surface area contributed by atoms with E-state index in [1.165, 1.54) is 11.3 Å². The zero-order chi connectivity index (χ0) is 15.3. The fourth-order valence-electron chi connectivity index (χ4n) is 1.92. The summed E-state index contributed by atoms with van der Waals surface area (Å²) >= 11 is 1.30. The number of nitrogens with zero attached hydrogens (tertiary/aromatic N) is 2. The summed E-state index contributed by atoms with van der Waals surface area (Å²) in [7, 11) is -3.46. The quantitative estimate of drug-likeness (QED) is 0.768. The average molecular weight is 328 g/mol. The zero-order valence-electron chi connectivity index (χ0n) is 12.1. The lowest BCUT2D eigenvalue weighted by molar-refractivity contribution is 0.521. The predicted octanol–water partition coefficient (Wildman–Crippen LogP) is 1.42. The highest BCUT2D eigenvalue weighted by molar-refractivity contribution is 7.91. The van der Waals surface area contributed by atoms with Gasteiger partial charge in [-0.2, -0.15) is 0 Å². The molecule has 0 saturated heterocycles. The number of rotatable bonds is 8. The Hall–Kier alpha value is -1.22. The first-order valence-corrected chi connectivity index (χ1v) is 9.08. The summed E-state index contributed by atoms with van der Waals surface area (Å²) in [5, 5.41) is 3.18. The van der Waals surface area contributed by atoms with Crippen LogP contribution in [0, 0.1) is 0 Å². The number of imidazole rings is 1. The predicted molar refractivity (Wildman–Crippen MR) is 83.7 cm³/mol. The van der Waals surface area contributed by atoms with Gasteiger partial charge in [0.05, 0.1) is 6.33 Å². The summed E-state index contributed by atoms with van der Waals surface area (Å²) in [5.74, 6) is 0. The molecular weight excluding hydrogens is 308 g/mol. The summed E-state index contributed by atoms with van der Waals surface area (Å²) < 4.78 is 29.5. The normalized spacial score (nSPS) is 13.4. The average Bonchev–Trinajstić information content (AvgIpc) is 3.06. The number of nitrogens with one attached hydrogen (secondary N) is 2. The van der Waals surface area contributed by atoms with Crippen LogP contribution in [-0.4, -0.2) is 30.6 Å². The molecule has 0 aliphatic heterocycles. The fourth-order valence-corrected chi connectivity index (χ4v) is 4.49. The minimum Gasteiger partial charge on any atom is -0.336 e. The first-order chi connectivity index (χ1) is 10.0. The van der Waals surface area contributed by atoms with E-state index in [0.717, 1.165) is 11.4 Å². The van der Waals surface area contributed by atoms with Crippen LogP contribution in [0.2, 0.25) is 0 Å². The Labute approximate surface area is 129 Å². The van der Waals surface area contributed by atoms with Crippen molar-refractivity contribution in [2.75, 3.05) is 6.54 Å². The van der Waals surface area contributed by atoms with Crippen LogP contribution in [-0.2, 0) is 23.1 Å². The van der Waals surface area contributed by atoms with Crippen LogP contribution < -0.4 is 10.0 Å². The van der Waals surface area contributed by atoms with Gasteiger partial charge in [-0.3, -0.25) is 0 Å². The van der Waals surface area contributed by atoms with Crippen molar-refractivity contribution in [3.8, 4) is 0 Å². The molecule has 2 aromatic heterocycles. The van der Waals surface area contributed by atoms with Gasteiger partial charge in [-0.05, 0) is 25.6 Å². The number of hydrogen-bond donors (Lipinski definition) is 2. The van der Waals surface area contributed by atoms with Gasteiger partial charge < -0.3 is 9.88 Å². The van der Waals surface area contributed by atoms with Gasteiger partial charge in [0.1, 0.15) is 4.21 Å². The molecule has 1 atom stereocenters. The van der Waals surface area contributed by atoms with Gasteiger partial charge in [0, 0.05) is 36.4 Å². The van der Waals surface area contributed by atoms with Crippen molar-refractivity contribution >= 4 is 21.4 Å². The van der Waals surface area contributed by atoms with Crippen LogP contribution in [0.5, 0.6) is 0 Å². The van der Waals surface area contributed by atoms with E-state index in [-0.39, 0.29) is 6.04 Å². The summed E-state index contributed by atoms with van der Waals surface area (Å²) in [6.07, 6.45) is 5.16. The Morgan fingerprint density at radius 3 is 2.90 bits per heavy atom. The number of sulfonamides is 1. The largest absolute Gasteiger partial charge is 0.336 e. The molecule has 0 aliphatic carbocycles. The molecule has 2 heterocycles. The Morgan fingerprint density at radius 2 is 2.24 bits per heavy atom. The Balaban J connectivity index is 1.98. The first kappa shape index (κ1) is 16.2. The summed E-state index contributed by atoms with van der Waals surface area (Å²) in [6, 6.07) is 3.30. The first-order valence-electron chi connectivity index (χ1n) is 6.78. The molecular formula is C13H20N4O2S2. The van der Waals surface area contributed by atoms with E-state index in [4.69, 9.17) is 0 Å². The number of hydrogen-bond acceptors (Lipinski definition) is 5. The van der Waals surface area contributed by atoms with E-state index in [0.29, 0.717) is 17.3 Å². The van der Waals surface area contributed by atoms with Crippen LogP contribution in [0.1, 0.15) is 18.7 Å². The van der Waals surface area contributed by atoms with Crippen LogP contribution >= 0.6 is 11.3 Å². The Bertz CT molecular complexity index is 650. The minimum absolute atomic E-state index is 0.205. The molecule has 2 aromatic rings. The third kappa shape index (κ3) is 4.63. The third-order valence-electron chi connectivity index (χ3n) is 2.85. The number of thiophene rings is 1. The summed E-state index contributed by atoms with van der Waals surface area (Å²) in [6.45, 7) is 5.96. The maximum atomic E-state index is 12.3. The lowest BCUT2D eigenvalue weighted by atomic mass is 10.4. The van der Waals surface area contributed by atoms with Crippen LogP contribution in [0.3, 0.4) is 0 Å². The monoisotopic (exact) mass is 328 g/mol. The van der Waals surface area contributed by atoms with Gasteiger partial charge in [-0.15, -0.1) is 11.3 Å². The van der Waals surface area contributed by atoms with Crippen molar-refractivity contribution in [1.29, 1.82) is 0 Å².